The van der Waals surface area contributed by atoms with Crippen molar-refractivity contribution in [3.05, 3.63) is 30.3 Å². The molecule has 0 saturated heterocycles. The van der Waals surface area contributed by atoms with Gasteiger partial charge in [-0.05, 0) is 19.1 Å². The first kappa shape index (κ1) is 9.86. The maximum Gasteiger partial charge on any atom is 0.241 e. The first-order valence-electron chi connectivity index (χ1n) is 5.17. The second kappa shape index (κ2) is 5.26. The maximum absolute atomic E-state index is 11.7. The monoisotopic (exact) mass is 207 g/mol. The highest BCUT2D eigenvalue weighted by Crippen LogP contribution is 2.15. The van der Waals surface area contributed by atoms with Crippen LogP contribution in [0.2, 0.25) is 1.41 Å². The number of rotatable bonds is 5. The van der Waals surface area contributed by atoms with Crippen molar-refractivity contribution < 1.29 is 11.0 Å². The summed E-state index contributed by atoms with van der Waals surface area (Å²) in [6.07, 6.45) is 0.703. The van der Waals surface area contributed by atoms with Gasteiger partial charge < -0.3 is 15.4 Å². The van der Waals surface area contributed by atoms with Crippen molar-refractivity contribution in [1.82, 2.24) is 0 Å². The minimum absolute atomic E-state index is 0.118. The molecule has 1 aromatic carbocycles. The van der Waals surface area contributed by atoms with Gasteiger partial charge in [0.05, 0.1) is 12.6 Å². The molecule has 15 heavy (non-hydrogen) atoms. The molecular weight excluding hydrogens is 192 g/mol. The molecule has 2 N–H and O–H groups in total. The lowest BCUT2D eigenvalue weighted by molar-refractivity contribution is -0.119. The van der Waals surface area contributed by atoms with Crippen molar-refractivity contribution in [1.29, 1.82) is 0 Å². The molecule has 0 aliphatic carbocycles. The Bertz CT molecular complexity index is 356. The number of para-hydroxylation sites is 1. The smallest absolute Gasteiger partial charge is 0.241 e. The van der Waals surface area contributed by atoms with Crippen molar-refractivity contribution in [3.8, 4) is 0 Å². The fraction of sp³-hybridized carbons (Fsp3) is 0.273. The summed E-state index contributed by atoms with van der Waals surface area (Å²) in [5, 5.41) is 0. The number of amides is 1. The minimum atomic E-state index is -0.539. The van der Waals surface area contributed by atoms with E-state index >= 15 is 0 Å². The number of hydrogen-bond donors (Lipinski definition) is 1. The lowest BCUT2D eigenvalue weighted by Crippen LogP contribution is -2.43. The highest BCUT2D eigenvalue weighted by Gasteiger charge is 2.19. The van der Waals surface area contributed by atoms with E-state index in [9.17, 15) is 9.59 Å². The Hall–Kier alpha value is -1.68. The summed E-state index contributed by atoms with van der Waals surface area (Å²) in [5.74, 6) is -0.305. The number of hydrogen-bond acceptors (Lipinski definition) is 3. The van der Waals surface area contributed by atoms with E-state index in [-0.39, 0.29) is 12.5 Å². The fourth-order valence-electron chi connectivity index (χ4n) is 1.34. The number of carbonyl (C=O) groups is 2. The van der Waals surface area contributed by atoms with E-state index in [1.165, 1.54) is 4.90 Å². The van der Waals surface area contributed by atoms with E-state index in [2.05, 4.69) is 0 Å². The molecule has 0 aliphatic rings. The molecule has 1 aromatic rings. The molecule has 1 atom stereocenters. The van der Waals surface area contributed by atoms with Crippen LogP contribution in [0.1, 0.15) is 6.92 Å². The number of benzene rings is 1. The summed E-state index contributed by atoms with van der Waals surface area (Å²) in [6.45, 7) is 1.52. The van der Waals surface area contributed by atoms with Crippen LogP contribution in [0.5, 0.6) is 0 Å². The predicted molar refractivity (Wildman–Crippen MR) is 58.5 cm³/mol. The topological polar surface area (TPSA) is 63.4 Å². The zero-order valence-corrected chi connectivity index (χ0v) is 8.51. The molecule has 0 aromatic heterocycles. The average molecular weight is 207 g/mol. The van der Waals surface area contributed by atoms with Crippen LogP contribution < -0.4 is 10.6 Å². The molecule has 4 heteroatoms. The Labute approximate surface area is 90.1 Å². The van der Waals surface area contributed by atoms with Crippen LogP contribution >= 0.6 is 0 Å². The quantitative estimate of drug-likeness (QED) is 0.718. The molecule has 0 spiro atoms. The Morgan fingerprint density at radius 1 is 1.60 bits per heavy atom. The number of aldehydes is 1. The van der Waals surface area contributed by atoms with E-state index in [0.29, 0.717) is 12.0 Å². The van der Waals surface area contributed by atoms with Gasteiger partial charge in [0.15, 0.2) is 0 Å². The summed E-state index contributed by atoms with van der Waals surface area (Å²) in [6, 6.07) is 8.38. The second-order valence-electron chi connectivity index (χ2n) is 3.15. The largest absolute Gasteiger partial charge is 0.322 e. The zero-order chi connectivity index (χ0) is 12.0. The van der Waals surface area contributed by atoms with Crippen molar-refractivity contribution in [2.24, 2.45) is 5.73 Å². The third-order valence-corrected chi connectivity index (χ3v) is 2.06. The van der Waals surface area contributed by atoms with Gasteiger partial charge in [-0.3, -0.25) is 4.79 Å². The van der Waals surface area contributed by atoms with E-state index < -0.39 is 6.04 Å². The van der Waals surface area contributed by atoms with Crippen LogP contribution in [-0.2, 0) is 9.59 Å². The normalized spacial score (nSPS) is 12.7. The van der Waals surface area contributed by atoms with Gasteiger partial charge in [-0.15, -0.1) is 0 Å². The standard InChI is InChI=1S/C11H14N2O2/c1-9(8-14)13(11(15)7-12)10-5-3-2-4-6-10/h2-6,8-9H,7,12H2,1H3/t9-/m0/s1/i/hD. The first-order chi connectivity index (χ1) is 7.70. The van der Waals surface area contributed by atoms with Crippen molar-refractivity contribution in [2.45, 2.75) is 13.0 Å². The van der Waals surface area contributed by atoms with Crippen molar-refractivity contribution in [3.63, 3.8) is 0 Å². The van der Waals surface area contributed by atoms with E-state index in [4.69, 9.17) is 1.41 Å². The molecule has 0 saturated carbocycles. The average Bonchev–Trinajstić information content (AvgIpc) is 2.31. The second-order valence-corrected chi connectivity index (χ2v) is 3.15. The third kappa shape index (κ3) is 2.63. The maximum atomic E-state index is 11.7. The van der Waals surface area contributed by atoms with Crippen LogP contribution in [0.15, 0.2) is 30.3 Å². The Morgan fingerprint density at radius 2 is 2.27 bits per heavy atom. The van der Waals surface area contributed by atoms with Crippen LogP contribution in [-0.4, -0.2) is 24.8 Å². The highest BCUT2D eigenvalue weighted by atomic mass is 16.2. The van der Waals surface area contributed by atoms with Gasteiger partial charge >= 0.3 is 0 Å². The van der Waals surface area contributed by atoms with E-state index in [1.807, 2.05) is 11.8 Å². The Balaban J connectivity index is 2.96. The van der Waals surface area contributed by atoms with Gasteiger partial charge in [0.25, 0.3) is 0 Å². The fourth-order valence-corrected chi connectivity index (χ4v) is 1.34. The lowest BCUT2D eigenvalue weighted by atomic mass is 10.2. The van der Waals surface area contributed by atoms with Crippen LogP contribution in [0.4, 0.5) is 5.69 Å². The summed E-state index contributed by atoms with van der Waals surface area (Å²) in [7, 11) is 0. The van der Waals surface area contributed by atoms with Crippen LogP contribution in [0, 0.1) is 0 Å². The van der Waals surface area contributed by atoms with Crippen LogP contribution in [0.25, 0.3) is 0 Å². The Kier molecular flexibility index (Phi) is 3.46. The molecule has 80 valence electrons. The van der Waals surface area contributed by atoms with Crippen molar-refractivity contribution in [2.75, 3.05) is 11.4 Å². The SMILES string of the molecule is [2H]NCC(=O)N(c1ccccc1)[C@@H](C)C=O. The molecule has 0 bridgehead atoms. The van der Waals surface area contributed by atoms with Gasteiger partial charge in [0.1, 0.15) is 7.70 Å². The molecule has 1 rings (SSSR count). The minimum Gasteiger partial charge on any atom is -0.322 e. The van der Waals surface area contributed by atoms with Gasteiger partial charge in [-0.1, -0.05) is 18.2 Å². The molecule has 0 radical (unpaired) electrons. The van der Waals surface area contributed by atoms with Gasteiger partial charge in [0.2, 0.25) is 5.91 Å². The van der Waals surface area contributed by atoms with Gasteiger partial charge in [0, 0.05) is 5.69 Å². The number of nitrogens with two attached hydrogens (primary N) is 1. The molecule has 4 nitrogen and oxygen atoms in total. The van der Waals surface area contributed by atoms with Gasteiger partial charge in [-0.25, -0.2) is 0 Å². The number of anilines is 1. The third-order valence-electron chi connectivity index (χ3n) is 2.06. The van der Waals surface area contributed by atoms with Crippen LogP contribution in [0.3, 0.4) is 0 Å². The highest BCUT2D eigenvalue weighted by molar-refractivity contribution is 5.98. The molecule has 0 heterocycles. The van der Waals surface area contributed by atoms with Crippen molar-refractivity contribution >= 4 is 17.9 Å². The van der Waals surface area contributed by atoms with Gasteiger partial charge in [-0.2, -0.15) is 0 Å². The zero-order valence-electron chi connectivity index (χ0n) is 9.51. The van der Waals surface area contributed by atoms with E-state index in [1.54, 1.807) is 31.2 Å². The van der Waals surface area contributed by atoms with E-state index in [0.717, 1.165) is 0 Å². The summed E-state index contributed by atoms with van der Waals surface area (Å²) in [5.41, 5.74) is 2.69. The molecule has 0 aliphatic heterocycles. The molecule has 0 fully saturated rings. The predicted octanol–water partition coefficient (Wildman–Crippen LogP) is 0.566. The summed E-state index contributed by atoms with van der Waals surface area (Å²) < 4.78 is 6.80. The number of carbonyl (C=O) groups excluding carboxylic acids is 2. The Morgan fingerprint density at radius 3 is 2.80 bits per heavy atom. The summed E-state index contributed by atoms with van der Waals surface area (Å²) in [4.78, 5) is 23.9. The molecular formula is C11H14N2O2. The molecule has 0 unspecified atom stereocenters. The first-order valence-corrected chi connectivity index (χ1v) is 4.67. The summed E-state index contributed by atoms with van der Waals surface area (Å²) >= 11 is 0. The molecule has 1 amide bonds. The lowest BCUT2D eigenvalue weighted by Gasteiger charge is -2.25. The number of nitrogens with zero attached hydrogens (tertiary/aromatic N) is 1.